The molecule has 0 spiro atoms. The number of aromatic nitrogens is 3. The molecule has 1 aromatic heterocycles. The lowest BCUT2D eigenvalue weighted by Crippen LogP contribution is -2.29. The third-order valence-electron chi connectivity index (χ3n) is 1.86. The second-order valence-corrected chi connectivity index (χ2v) is 3.90. The van der Waals surface area contributed by atoms with E-state index in [-0.39, 0.29) is 11.2 Å². The molecule has 0 aromatic carbocycles. The zero-order valence-electron chi connectivity index (χ0n) is 8.17. The summed E-state index contributed by atoms with van der Waals surface area (Å²) >= 11 is 0. The molecule has 78 valence electrons. The molecule has 0 saturated carbocycles. The normalized spacial score (nSPS) is 11.6. The predicted octanol–water partition coefficient (Wildman–Crippen LogP) is 0.171. The maximum absolute atomic E-state index is 10.3. The highest BCUT2D eigenvalue weighted by molar-refractivity contribution is 5.08. The SMILES string of the molecule is CC(C)(CN)Cn1cc([N+](=O)[O-])nn1. The van der Waals surface area contributed by atoms with Gasteiger partial charge in [0.05, 0.1) is 11.8 Å². The van der Waals surface area contributed by atoms with E-state index in [0.717, 1.165) is 0 Å². The van der Waals surface area contributed by atoms with Crippen LogP contribution in [0.2, 0.25) is 0 Å². The van der Waals surface area contributed by atoms with E-state index in [0.29, 0.717) is 13.1 Å². The Morgan fingerprint density at radius 1 is 1.71 bits per heavy atom. The summed E-state index contributed by atoms with van der Waals surface area (Å²) < 4.78 is 1.44. The zero-order chi connectivity index (χ0) is 10.8. The molecule has 0 unspecified atom stereocenters. The number of nitro groups is 1. The average Bonchev–Trinajstić information content (AvgIpc) is 2.52. The standard InChI is InChI=1S/C7H13N5O2/c1-7(2,4-8)5-11-3-6(9-10-11)12(13)14/h3H,4-5,8H2,1-2H3. The summed E-state index contributed by atoms with van der Waals surface area (Å²) in [4.78, 5) is 9.74. The number of rotatable bonds is 4. The number of hydrogen-bond acceptors (Lipinski definition) is 5. The first-order valence-electron chi connectivity index (χ1n) is 4.19. The van der Waals surface area contributed by atoms with E-state index in [1.54, 1.807) is 0 Å². The van der Waals surface area contributed by atoms with Gasteiger partial charge in [0.2, 0.25) is 0 Å². The van der Waals surface area contributed by atoms with Gasteiger partial charge < -0.3 is 15.8 Å². The van der Waals surface area contributed by atoms with Gasteiger partial charge >= 0.3 is 5.82 Å². The van der Waals surface area contributed by atoms with Crippen molar-refractivity contribution in [3.63, 3.8) is 0 Å². The van der Waals surface area contributed by atoms with Gasteiger partial charge in [-0.2, -0.15) is 0 Å². The fourth-order valence-corrected chi connectivity index (χ4v) is 0.952. The van der Waals surface area contributed by atoms with Gasteiger partial charge in [-0.1, -0.05) is 13.8 Å². The first-order chi connectivity index (χ1) is 6.44. The summed E-state index contributed by atoms with van der Waals surface area (Å²) in [5.74, 6) is -0.238. The van der Waals surface area contributed by atoms with Crippen molar-refractivity contribution in [2.75, 3.05) is 6.54 Å². The van der Waals surface area contributed by atoms with Crippen LogP contribution < -0.4 is 5.73 Å². The van der Waals surface area contributed by atoms with Crippen LogP contribution in [0.5, 0.6) is 0 Å². The summed E-state index contributed by atoms with van der Waals surface area (Å²) in [5, 5.41) is 17.4. The second-order valence-electron chi connectivity index (χ2n) is 3.90. The van der Waals surface area contributed by atoms with E-state index < -0.39 is 4.92 Å². The van der Waals surface area contributed by atoms with E-state index in [4.69, 9.17) is 5.73 Å². The molecule has 0 aliphatic rings. The summed E-state index contributed by atoms with van der Waals surface area (Å²) in [6.07, 6.45) is 1.30. The molecular weight excluding hydrogens is 186 g/mol. The Labute approximate surface area is 81.0 Å². The van der Waals surface area contributed by atoms with E-state index in [2.05, 4.69) is 10.3 Å². The zero-order valence-corrected chi connectivity index (χ0v) is 8.17. The van der Waals surface area contributed by atoms with E-state index in [1.807, 2.05) is 13.8 Å². The van der Waals surface area contributed by atoms with Crippen LogP contribution in [-0.4, -0.2) is 26.5 Å². The number of hydrogen-bond donors (Lipinski definition) is 1. The second kappa shape index (κ2) is 3.70. The van der Waals surface area contributed by atoms with Gasteiger partial charge in [0, 0.05) is 0 Å². The predicted molar refractivity (Wildman–Crippen MR) is 49.5 cm³/mol. The number of nitrogens with two attached hydrogens (primary N) is 1. The molecule has 2 N–H and O–H groups in total. The Balaban J connectivity index is 2.73. The Morgan fingerprint density at radius 3 is 2.79 bits per heavy atom. The van der Waals surface area contributed by atoms with Crippen LogP contribution in [0, 0.1) is 15.5 Å². The third-order valence-corrected chi connectivity index (χ3v) is 1.86. The lowest BCUT2D eigenvalue weighted by atomic mass is 9.94. The molecule has 0 amide bonds. The lowest BCUT2D eigenvalue weighted by Gasteiger charge is -2.20. The molecule has 1 aromatic rings. The molecule has 0 aliphatic heterocycles. The van der Waals surface area contributed by atoms with Gasteiger partial charge in [0.25, 0.3) is 0 Å². The fourth-order valence-electron chi connectivity index (χ4n) is 0.952. The minimum Gasteiger partial charge on any atom is -0.358 e. The summed E-state index contributed by atoms with van der Waals surface area (Å²) in [5.41, 5.74) is 5.39. The van der Waals surface area contributed by atoms with Crippen molar-refractivity contribution in [3.8, 4) is 0 Å². The van der Waals surface area contributed by atoms with Crippen LogP contribution in [-0.2, 0) is 6.54 Å². The molecule has 0 saturated heterocycles. The van der Waals surface area contributed by atoms with Crippen LogP contribution in [0.1, 0.15) is 13.8 Å². The minimum absolute atomic E-state index is 0.137. The first-order valence-corrected chi connectivity index (χ1v) is 4.19. The average molecular weight is 199 g/mol. The molecule has 0 bridgehead atoms. The number of nitrogens with zero attached hydrogens (tertiary/aromatic N) is 4. The third kappa shape index (κ3) is 2.49. The van der Waals surface area contributed by atoms with E-state index in [9.17, 15) is 10.1 Å². The Kier molecular flexibility index (Phi) is 2.80. The molecule has 1 rings (SSSR count). The van der Waals surface area contributed by atoms with Gasteiger partial charge in [-0.25, -0.2) is 4.68 Å². The van der Waals surface area contributed by atoms with Crippen molar-refractivity contribution in [3.05, 3.63) is 16.3 Å². The van der Waals surface area contributed by atoms with Crippen LogP contribution in [0.4, 0.5) is 5.82 Å². The maximum Gasteiger partial charge on any atom is 0.410 e. The molecule has 14 heavy (non-hydrogen) atoms. The van der Waals surface area contributed by atoms with Crippen molar-refractivity contribution in [1.29, 1.82) is 0 Å². The van der Waals surface area contributed by atoms with Crippen molar-refractivity contribution < 1.29 is 4.92 Å². The molecule has 1 heterocycles. The Bertz CT molecular complexity index is 333. The van der Waals surface area contributed by atoms with Crippen molar-refractivity contribution in [2.24, 2.45) is 11.1 Å². The van der Waals surface area contributed by atoms with Gasteiger partial charge in [-0.15, -0.1) is 0 Å². The van der Waals surface area contributed by atoms with Gasteiger partial charge in [-0.3, -0.25) is 0 Å². The van der Waals surface area contributed by atoms with Gasteiger partial charge in [0.15, 0.2) is 0 Å². The molecule has 7 heteroatoms. The van der Waals surface area contributed by atoms with Crippen LogP contribution >= 0.6 is 0 Å². The molecule has 0 fully saturated rings. The molecule has 7 nitrogen and oxygen atoms in total. The van der Waals surface area contributed by atoms with Crippen LogP contribution in [0.15, 0.2) is 6.20 Å². The maximum atomic E-state index is 10.3. The fraction of sp³-hybridized carbons (Fsp3) is 0.714. The van der Waals surface area contributed by atoms with E-state index >= 15 is 0 Å². The van der Waals surface area contributed by atoms with Crippen molar-refractivity contribution >= 4 is 5.82 Å². The molecule has 0 atom stereocenters. The Hall–Kier alpha value is -1.50. The van der Waals surface area contributed by atoms with Gasteiger partial charge in [0.1, 0.15) is 11.3 Å². The smallest absolute Gasteiger partial charge is 0.358 e. The highest BCUT2D eigenvalue weighted by Crippen LogP contribution is 2.16. The van der Waals surface area contributed by atoms with Gasteiger partial charge in [-0.05, 0) is 16.9 Å². The lowest BCUT2D eigenvalue weighted by molar-refractivity contribution is -0.389. The van der Waals surface area contributed by atoms with Crippen molar-refractivity contribution in [1.82, 2.24) is 15.0 Å². The summed E-state index contributed by atoms with van der Waals surface area (Å²) in [7, 11) is 0. The van der Waals surface area contributed by atoms with Crippen LogP contribution in [0.25, 0.3) is 0 Å². The molecule has 0 aliphatic carbocycles. The van der Waals surface area contributed by atoms with Crippen LogP contribution in [0.3, 0.4) is 0 Å². The molecule has 0 radical (unpaired) electrons. The highest BCUT2D eigenvalue weighted by Gasteiger charge is 2.20. The highest BCUT2D eigenvalue weighted by atomic mass is 16.6. The monoisotopic (exact) mass is 199 g/mol. The summed E-state index contributed by atoms with van der Waals surface area (Å²) in [6.45, 7) is 4.92. The quantitative estimate of drug-likeness (QED) is 0.550. The van der Waals surface area contributed by atoms with Crippen molar-refractivity contribution in [2.45, 2.75) is 20.4 Å². The topological polar surface area (TPSA) is 99.9 Å². The molecular formula is C7H13N5O2. The van der Waals surface area contributed by atoms with E-state index in [1.165, 1.54) is 10.9 Å². The first kappa shape index (κ1) is 10.6. The summed E-state index contributed by atoms with van der Waals surface area (Å²) in [6, 6.07) is 0. The largest absolute Gasteiger partial charge is 0.410 e. The Morgan fingerprint density at radius 2 is 2.36 bits per heavy atom. The minimum atomic E-state index is -0.570.